The van der Waals surface area contributed by atoms with Crippen LogP contribution < -0.4 is 5.32 Å². The summed E-state index contributed by atoms with van der Waals surface area (Å²) < 4.78 is 5.01. The molecule has 0 aliphatic rings. The molecule has 0 saturated heterocycles. The van der Waals surface area contributed by atoms with Crippen LogP contribution >= 0.6 is 0 Å². The molecule has 2 aromatic carbocycles. The molecule has 0 saturated carbocycles. The third kappa shape index (κ3) is 5.28. The van der Waals surface area contributed by atoms with Gasteiger partial charge in [-0.1, -0.05) is 30.3 Å². The van der Waals surface area contributed by atoms with Crippen LogP contribution in [-0.2, 0) is 20.7 Å². The highest BCUT2D eigenvalue weighted by atomic mass is 16.5. The monoisotopic (exact) mass is 339 g/mol. The van der Waals surface area contributed by atoms with E-state index in [9.17, 15) is 14.4 Å². The fourth-order valence-corrected chi connectivity index (χ4v) is 2.36. The topological polar surface area (TPSA) is 72.5 Å². The number of hydrogen-bond donors (Lipinski definition) is 1. The summed E-state index contributed by atoms with van der Waals surface area (Å²) in [6.45, 7) is 5.01. The van der Waals surface area contributed by atoms with Crippen LogP contribution in [-0.4, -0.2) is 24.3 Å². The number of carbonyl (C=O) groups excluding carboxylic acids is 3. The number of Topliss-reactive ketones (excluding diaryl/α,β-unsaturated/α-hetero) is 1. The Hall–Kier alpha value is -2.95. The Labute approximate surface area is 147 Å². The lowest BCUT2D eigenvalue weighted by atomic mass is 10.0. The lowest BCUT2D eigenvalue weighted by Crippen LogP contribution is -2.22. The highest BCUT2D eigenvalue weighted by molar-refractivity contribution is 6.04. The summed E-state index contributed by atoms with van der Waals surface area (Å²) >= 11 is 0. The van der Waals surface area contributed by atoms with Crippen LogP contribution in [0.3, 0.4) is 0 Å². The minimum Gasteiger partial charge on any atom is -0.455 e. The minimum atomic E-state index is -0.484. The molecular formula is C20H21NO4. The minimum absolute atomic E-state index is 0.110. The number of ketones is 1. The number of benzene rings is 2. The molecule has 0 aromatic heterocycles. The van der Waals surface area contributed by atoms with Gasteiger partial charge in [0.05, 0.1) is 12.1 Å². The van der Waals surface area contributed by atoms with E-state index >= 15 is 0 Å². The smallest absolute Gasteiger partial charge is 0.310 e. The normalized spacial score (nSPS) is 10.2. The summed E-state index contributed by atoms with van der Waals surface area (Å²) in [6.07, 6.45) is 0.110. The van der Waals surface area contributed by atoms with E-state index < -0.39 is 18.5 Å². The van der Waals surface area contributed by atoms with Gasteiger partial charge in [-0.3, -0.25) is 14.4 Å². The highest BCUT2D eigenvalue weighted by Gasteiger charge is 2.12. The zero-order valence-corrected chi connectivity index (χ0v) is 14.6. The number of para-hydroxylation sites is 1. The lowest BCUT2D eigenvalue weighted by Gasteiger charge is -2.10. The van der Waals surface area contributed by atoms with Crippen LogP contribution in [0.4, 0.5) is 5.69 Å². The van der Waals surface area contributed by atoms with Crippen molar-refractivity contribution in [1.82, 2.24) is 0 Å². The van der Waals surface area contributed by atoms with E-state index in [4.69, 9.17) is 4.74 Å². The number of nitrogens with one attached hydrogen (secondary N) is 1. The Kier molecular flexibility index (Phi) is 6.06. The lowest BCUT2D eigenvalue weighted by molar-refractivity contribution is -0.146. The third-order valence-electron chi connectivity index (χ3n) is 3.86. The van der Waals surface area contributed by atoms with Crippen molar-refractivity contribution >= 4 is 23.3 Å². The van der Waals surface area contributed by atoms with Crippen LogP contribution in [0.25, 0.3) is 0 Å². The molecule has 0 heterocycles. The Bertz CT molecular complexity index is 811. The average Bonchev–Trinajstić information content (AvgIpc) is 2.57. The van der Waals surface area contributed by atoms with Gasteiger partial charge in [0.1, 0.15) is 0 Å². The van der Waals surface area contributed by atoms with Gasteiger partial charge in [0.15, 0.2) is 12.4 Å². The molecule has 0 aliphatic heterocycles. The number of carbonyl (C=O) groups is 3. The molecule has 1 amide bonds. The van der Waals surface area contributed by atoms with Crippen LogP contribution in [0, 0.1) is 13.8 Å². The Morgan fingerprint density at radius 2 is 1.72 bits per heavy atom. The largest absolute Gasteiger partial charge is 0.455 e. The summed E-state index contributed by atoms with van der Waals surface area (Å²) in [6, 6.07) is 12.4. The van der Waals surface area contributed by atoms with Gasteiger partial charge in [0, 0.05) is 5.56 Å². The van der Waals surface area contributed by atoms with Gasteiger partial charge in [0.25, 0.3) is 5.91 Å². The second-order valence-corrected chi connectivity index (χ2v) is 5.91. The highest BCUT2D eigenvalue weighted by Crippen LogP contribution is 2.15. The maximum Gasteiger partial charge on any atom is 0.310 e. The Morgan fingerprint density at radius 3 is 2.40 bits per heavy atom. The summed E-state index contributed by atoms with van der Waals surface area (Å²) in [5, 5.41) is 2.59. The molecule has 0 atom stereocenters. The summed E-state index contributed by atoms with van der Waals surface area (Å²) in [7, 11) is 0. The second kappa shape index (κ2) is 8.24. The Balaban J connectivity index is 1.88. The van der Waals surface area contributed by atoms with Crippen LogP contribution in [0.5, 0.6) is 0 Å². The first-order valence-electron chi connectivity index (χ1n) is 7.98. The molecule has 0 aliphatic carbocycles. The molecule has 2 rings (SSSR count). The first kappa shape index (κ1) is 18.4. The zero-order valence-electron chi connectivity index (χ0n) is 14.6. The van der Waals surface area contributed by atoms with Crippen molar-refractivity contribution < 1.29 is 19.1 Å². The maximum absolute atomic E-state index is 11.9. The molecular weight excluding hydrogens is 318 g/mol. The molecule has 0 radical (unpaired) electrons. The molecule has 5 nitrogen and oxygen atoms in total. The van der Waals surface area contributed by atoms with Gasteiger partial charge in [0.2, 0.25) is 0 Å². The predicted molar refractivity (Wildman–Crippen MR) is 95.7 cm³/mol. The van der Waals surface area contributed by atoms with E-state index in [2.05, 4.69) is 5.32 Å². The van der Waals surface area contributed by atoms with E-state index in [0.717, 1.165) is 16.7 Å². The zero-order chi connectivity index (χ0) is 18.4. The maximum atomic E-state index is 11.9. The molecule has 5 heteroatoms. The van der Waals surface area contributed by atoms with Gasteiger partial charge in [-0.2, -0.15) is 0 Å². The van der Waals surface area contributed by atoms with Crippen molar-refractivity contribution in [3.63, 3.8) is 0 Å². The SMILES string of the molecule is CC(=O)c1ccccc1NC(=O)COC(=O)Cc1ccc(C)c(C)c1. The first-order valence-corrected chi connectivity index (χ1v) is 7.98. The van der Waals surface area contributed by atoms with E-state index in [1.807, 2.05) is 32.0 Å². The number of ether oxygens (including phenoxy) is 1. The first-order chi connectivity index (χ1) is 11.9. The van der Waals surface area contributed by atoms with E-state index in [-0.39, 0.29) is 12.2 Å². The number of esters is 1. The number of rotatable bonds is 6. The number of anilines is 1. The summed E-state index contributed by atoms with van der Waals surface area (Å²) in [4.78, 5) is 35.4. The Morgan fingerprint density at radius 1 is 1.00 bits per heavy atom. The van der Waals surface area contributed by atoms with Crippen LogP contribution in [0.1, 0.15) is 34.0 Å². The molecule has 25 heavy (non-hydrogen) atoms. The molecule has 0 unspecified atom stereocenters. The predicted octanol–water partition coefficient (Wildman–Crippen LogP) is 3.23. The number of aryl methyl sites for hydroxylation is 2. The molecule has 130 valence electrons. The van der Waals surface area contributed by atoms with Crippen LogP contribution in [0.15, 0.2) is 42.5 Å². The van der Waals surface area contributed by atoms with Gasteiger partial charge < -0.3 is 10.1 Å². The van der Waals surface area contributed by atoms with Crippen molar-refractivity contribution in [2.45, 2.75) is 27.2 Å². The average molecular weight is 339 g/mol. The van der Waals surface area contributed by atoms with Crippen molar-refractivity contribution in [1.29, 1.82) is 0 Å². The second-order valence-electron chi connectivity index (χ2n) is 5.91. The number of hydrogen-bond acceptors (Lipinski definition) is 4. The molecule has 2 aromatic rings. The van der Waals surface area contributed by atoms with Crippen molar-refractivity contribution in [3.05, 3.63) is 64.7 Å². The van der Waals surface area contributed by atoms with Crippen molar-refractivity contribution in [3.8, 4) is 0 Å². The number of amides is 1. The van der Waals surface area contributed by atoms with E-state index in [1.54, 1.807) is 24.3 Å². The molecule has 1 N–H and O–H groups in total. The summed E-state index contributed by atoms with van der Waals surface area (Å²) in [5.41, 5.74) is 3.92. The fourth-order valence-electron chi connectivity index (χ4n) is 2.36. The van der Waals surface area contributed by atoms with Gasteiger partial charge in [-0.05, 0) is 49.6 Å². The van der Waals surface area contributed by atoms with Gasteiger partial charge >= 0.3 is 5.97 Å². The summed E-state index contributed by atoms with van der Waals surface area (Å²) in [5.74, 6) is -1.11. The third-order valence-corrected chi connectivity index (χ3v) is 3.86. The molecule has 0 spiro atoms. The van der Waals surface area contributed by atoms with E-state index in [1.165, 1.54) is 6.92 Å². The van der Waals surface area contributed by atoms with Crippen molar-refractivity contribution in [2.24, 2.45) is 0 Å². The fraction of sp³-hybridized carbons (Fsp3) is 0.250. The van der Waals surface area contributed by atoms with E-state index in [0.29, 0.717) is 11.3 Å². The van der Waals surface area contributed by atoms with Gasteiger partial charge in [-0.15, -0.1) is 0 Å². The quantitative estimate of drug-likeness (QED) is 0.648. The molecule has 0 bridgehead atoms. The van der Waals surface area contributed by atoms with Gasteiger partial charge in [-0.25, -0.2) is 0 Å². The molecule has 0 fully saturated rings. The van der Waals surface area contributed by atoms with Crippen LogP contribution in [0.2, 0.25) is 0 Å². The standard InChI is InChI=1S/C20H21NO4/c1-13-8-9-16(10-14(13)2)11-20(24)25-12-19(23)21-18-7-5-4-6-17(18)15(3)22/h4-10H,11-12H2,1-3H3,(H,21,23). The van der Waals surface area contributed by atoms with Crippen molar-refractivity contribution in [2.75, 3.05) is 11.9 Å².